The van der Waals surface area contributed by atoms with Gasteiger partial charge in [0.1, 0.15) is 23.3 Å². The van der Waals surface area contributed by atoms with Gasteiger partial charge in [-0.2, -0.15) is 4.98 Å². The number of carbonyl (C=O) groups is 1. The summed E-state index contributed by atoms with van der Waals surface area (Å²) in [6.07, 6.45) is 2.50. The zero-order valence-electron chi connectivity index (χ0n) is 15.2. The van der Waals surface area contributed by atoms with Crippen molar-refractivity contribution in [3.05, 3.63) is 53.9 Å². The van der Waals surface area contributed by atoms with E-state index in [2.05, 4.69) is 22.2 Å². The number of pyridine rings is 1. The number of benzene rings is 1. The van der Waals surface area contributed by atoms with Gasteiger partial charge < -0.3 is 15.1 Å². The summed E-state index contributed by atoms with van der Waals surface area (Å²) in [7, 11) is -1.85. The van der Waals surface area contributed by atoms with E-state index in [-0.39, 0.29) is 28.8 Å². The molecular formula is C19H18FN3O4S. The zero-order chi connectivity index (χ0) is 20.5. The molecule has 1 amide bonds. The molecule has 7 nitrogen and oxygen atoms in total. The van der Waals surface area contributed by atoms with E-state index in [9.17, 15) is 17.6 Å². The number of hydrogen-bond acceptors (Lipinski definition) is 6. The number of carbonyl (C=O) groups excluding carboxylic acids is 1. The van der Waals surface area contributed by atoms with Gasteiger partial charge in [-0.25, -0.2) is 12.8 Å². The lowest BCUT2D eigenvalue weighted by Gasteiger charge is -2.12. The Bertz CT molecular complexity index is 1170. The van der Waals surface area contributed by atoms with Crippen LogP contribution in [0.2, 0.25) is 0 Å². The third kappa shape index (κ3) is 3.89. The van der Waals surface area contributed by atoms with E-state index in [1.165, 1.54) is 25.3 Å². The van der Waals surface area contributed by atoms with Crippen LogP contribution in [0.25, 0.3) is 28.5 Å². The number of nitrogens with one attached hydrogen (secondary N) is 2. The molecule has 0 bridgehead atoms. The van der Waals surface area contributed by atoms with Crippen LogP contribution in [0.5, 0.6) is 0 Å². The largest absolute Gasteiger partial charge is 0.438 e. The highest BCUT2D eigenvalue weighted by atomic mass is 32.2. The monoisotopic (exact) mass is 403 g/mol. The van der Waals surface area contributed by atoms with Crippen molar-refractivity contribution in [1.82, 2.24) is 10.3 Å². The molecule has 0 saturated carbocycles. The van der Waals surface area contributed by atoms with E-state index in [1.54, 1.807) is 18.2 Å². The second-order valence-corrected chi connectivity index (χ2v) is 8.26. The lowest BCUT2D eigenvalue weighted by atomic mass is 10.0. The molecule has 2 heterocycles. The molecule has 2 N–H and O–H groups in total. The molecule has 0 aliphatic rings. The Hall–Kier alpha value is -3.20. The normalized spacial score (nSPS) is 11.4. The predicted octanol–water partition coefficient (Wildman–Crippen LogP) is 3.05. The first-order chi connectivity index (χ1) is 13.2. The topological polar surface area (TPSA) is 101 Å². The Morgan fingerprint density at radius 2 is 2.00 bits per heavy atom. The average molecular weight is 403 g/mol. The number of halogens is 1. The Morgan fingerprint density at radius 3 is 2.57 bits per heavy atom. The molecule has 0 aliphatic carbocycles. The second-order valence-electron chi connectivity index (χ2n) is 6.12. The van der Waals surface area contributed by atoms with Crippen LogP contribution in [-0.2, 0) is 9.84 Å². The van der Waals surface area contributed by atoms with Gasteiger partial charge in [0.15, 0.2) is 9.84 Å². The van der Waals surface area contributed by atoms with Gasteiger partial charge in [-0.05, 0) is 30.3 Å². The molecule has 0 atom stereocenters. The van der Waals surface area contributed by atoms with Crippen molar-refractivity contribution in [3.63, 3.8) is 0 Å². The lowest BCUT2D eigenvalue weighted by Crippen LogP contribution is -2.21. The standard InChI is InChI=1S/C19H18FN3O4S/c1-4-13-16(18(24)21-2)14-9-15(11-5-7-12(20)8-6-11)27-19(14)23-17(13)22-10-28(3,25)26/h4-9H,1,10H2,2-3H3,(H,21,24)(H,22,23). The fraction of sp³-hybridized carbons (Fsp3) is 0.158. The number of rotatable bonds is 6. The van der Waals surface area contributed by atoms with Gasteiger partial charge in [0.2, 0.25) is 5.71 Å². The Kier molecular flexibility index (Phi) is 5.19. The van der Waals surface area contributed by atoms with Crippen molar-refractivity contribution in [3.8, 4) is 11.3 Å². The highest BCUT2D eigenvalue weighted by Crippen LogP contribution is 2.33. The van der Waals surface area contributed by atoms with E-state index >= 15 is 0 Å². The third-order valence-electron chi connectivity index (χ3n) is 4.01. The summed E-state index contributed by atoms with van der Waals surface area (Å²) in [6, 6.07) is 7.31. The van der Waals surface area contributed by atoms with E-state index < -0.39 is 15.7 Å². The number of amides is 1. The third-order valence-corrected chi connectivity index (χ3v) is 4.68. The van der Waals surface area contributed by atoms with Crippen molar-refractivity contribution in [2.24, 2.45) is 0 Å². The van der Waals surface area contributed by atoms with Crippen LogP contribution in [0, 0.1) is 5.82 Å². The molecule has 0 aliphatic heterocycles. The Labute approximate surface area is 161 Å². The summed E-state index contributed by atoms with van der Waals surface area (Å²) in [4.78, 5) is 16.8. The number of hydrogen-bond donors (Lipinski definition) is 2. The summed E-state index contributed by atoms with van der Waals surface area (Å²) in [6.45, 7) is 3.71. The second kappa shape index (κ2) is 7.43. The van der Waals surface area contributed by atoms with Crippen LogP contribution >= 0.6 is 0 Å². The highest BCUT2D eigenvalue weighted by molar-refractivity contribution is 7.90. The minimum atomic E-state index is -3.33. The fourth-order valence-electron chi connectivity index (χ4n) is 2.73. The van der Waals surface area contributed by atoms with Crippen LogP contribution in [-0.4, -0.2) is 38.5 Å². The Morgan fingerprint density at radius 1 is 1.32 bits per heavy atom. The fourth-order valence-corrected chi connectivity index (χ4v) is 3.13. The minimum Gasteiger partial charge on any atom is -0.438 e. The van der Waals surface area contributed by atoms with Gasteiger partial charge in [0, 0.05) is 24.4 Å². The first-order valence-electron chi connectivity index (χ1n) is 8.23. The lowest BCUT2D eigenvalue weighted by molar-refractivity contribution is 0.0964. The van der Waals surface area contributed by atoms with Crippen LogP contribution in [0.4, 0.5) is 10.2 Å². The van der Waals surface area contributed by atoms with Crippen LogP contribution < -0.4 is 10.6 Å². The first kappa shape index (κ1) is 19.6. The van der Waals surface area contributed by atoms with Gasteiger partial charge in [-0.3, -0.25) is 4.79 Å². The molecule has 3 aromatic rings. The summed E-state index contributed by atoms with van der Waals surface area (Å²) in [5, 5.41) is 5.69. The zero-order valence-corrected chi connectivity index (χ0v) is 16.1. The summed E-state index contributed by atoms with van der Waals surface area (Å²) in [5.41, 5.74) is 1.34. The van der Waals surface area contributed by atoms with Crippen LogP contribution in [0.1, 0.15) is 15.9 Å². The molecule has 1 aromatic carbocycles. The van der Waals surface area contributed by atoms with Gasteiger partial charge in [-0.15, -0.1) is 0 Å². The molecule has 0 spiro atoms. The highest BCUT2D eigenvalue weighted by Gasteiger charge is 2.22. The molecule has 3 rings (SSSR count). The molecule has 0 radical (unpaired) electrons. The van der Waals surface area contributed by atoms with Crippen LogP contribution in [0.15, 0.2) is 41.3 Å². The van der Waals surface area contributed by atoms with Crippen LogP contribution in [0.3, 0.4) is 0 Å². The predicted molar refractivity (Wildman–Crippen MR) is 106 cm³/mol. The molecule has 0 saturated heterocycles. The molecule has 0 fully saturated rings. The number of furan rings is 1. The minimum absolute atomic E-state index is 0.138. The molecule has 146 valence electrons. The van der Waals surface area contributed by atoms with Crippen molar-refractivity contribution in [2.45, 2.75) is 0 Å². The summed E-state index contributed by atoms with van der Waals surface area (Å²) >= 11 is 0. The van der Waals surface area contributed by atoms with Crippen molar-refractivity contribution >= 4 is 38.7 Å². The quantitative estimate of drug-likeness (QED) is 0.656. The van der Waals surface area contributed by atoms with Gasteiger partial charge in [-0.1, -0.05) is 12.7 Å². The average Bonchev–Trinajstić information content (AvgIpc) is 3.07. The van der Waals surface area contributed by atoms with Crippen molar-refractivity contribution < 1.29 is 22.0 Å². The molecule has 28 heavy (non-hydrogen) atoms. The SMILES string of the molecule is C=Cc1c(NCS(C)(=O)=O)nc2oc(-c3ccc(F)cc3)cc2c1C(=O)NC. The number of aromatic nitrogens is 1. The molecule has 2 aromatic heterocycles. The molecule has 0 unspecified atom stereocenters. The maximum absolute atomic E-state index is 13.2. The number of nitrogens with zero attached hydrogens (tertiary/aromatic N) is 1. The Balaban J connectivity index is 2.23. The summed E-state index contributed by atoms with van der Waals surface area (Å²) in [5.74, 6) is -0.610. The number of sulfone groups is 1. The maximum Gasteiger partial charge on any atom is 0.252 e. The number of fused-ring (bicyclic) bond motifs is 1. The molecular weight excluding hydrogens is 385 g/mol. The number of anilines is 1. The van der Waals surface area contributed by atoms with Gasteiger partial charge in [0.25, 0.3) is 5.91 Å². The van der Waals surface area contributed by atoms with E-state index in [0.29, 0.717) is 22.3 Å². The van der Waals surface area contributed by atoms with Gasteiger partial charge >= 0.3 is 0 Å². The van der Waals surface area contributed by atoms with E-state index in [1.807, 2.05) is 0 Å². The molecule has 9 heteroatoms. The van der Waals surface area contributed by atoms with Gasteiger partial charge in [0.05, 0.1) is 10.9 Å². The van der Waals surface area contributed by atoms with Crippen molar-refractivity contribution in [2.75, 3.05) is 24.5 Å². The first-order valence-corrected chi connectivity index (χ1v) is 10.3. The van der Waals surface area contributed by atoms with Crippen molar-refractivity contribution in [1.29, 1.82) is 0 Å². The smallest absolute Gasteiger partial charge is 0.252 e. The maximum atomic E-state index is 13.2. The van der Waals surface area contributed by atoms with E-state index in [4.69, 9.17) is 4.42 Å². The van der Waals surface area contributed by atoms with E-state index in [0.717, 1.165) is 6.26 Å². The summed E-state index contributed by atoms with van der Waals surface area (Å²) < 4.78 is 42.0.